The van der Waals surface area contributed by atoms with E-state index in [1.54, 1.807) is 11.0 Å². The Morgan fingerprint density at radius 2 is 1.86 bits per heavy atom. The number of piperazine rings is 1. The number of aromatic nitrogens is 2. The number of halogens is 2. The Morgan fingerprint density at radius 1 is 1.10 bits per heavy atom. The van der Waals surface area contributed by atoms with Crippen LogP contribution in [0.4, 0.5) is 5.69 Å². The standard InChI is InChI=1S/C19H17Cl2N5O3/c20-13-1-4-18-22-14(12-25(18)10-13)11-23-5-7-24(8-6-23)19(27)16-9-15(26(28)29)2-3-17(16)21/h1-4,9-10,12H,5-8,11H2. The number of carbonyl (C=O) groups excluding carboxylic acids is 1. The molecule has 1 amide bonds. The third kappa shape index (κ3) is 4.19. The van der Waals surface area contributed by atoms with E-state index in [2.05, 4.69) is 9.88 Å². The maximum atomic E-state index is 12.8. The zero-order chi connectivity index (χ0) is 20.5. The molecule has 3 heterocycles. The van der Waals surface area contributed by atoms with Gasteiger partial charge in [0.25, 0.3) is 11.6 Å². The van der Waals surface area contributed by atoms with Gasteiger partial charge in [0.1, 0.15) is 5.65 Å². The van der Waals surface area contributed by atoms with E-state index in [9.17, 15) is 14.9 Å². The summed E-state index contributed by atoms with van der Waals surface area (Å²) in [4.78, 5) is 31.7. The molecule has 150 valence electrons. The molecule has 1 fully saturated rings. The van der Waals surface area contributed by atoms with Crippen LogP contribution in [0.3, 0.4) is 0 Å². The Bertz CT molecular complexity index is 1090. The van der Waals surface area contributed by atoms with Crippen molar-refractivity contribution in [2.75, 3.05) is 26.2 Å². The fourth-order valence-electron chi connectivity index (χ4n) is 3.39. The molecule has 1 aromatic carbocycles. The highest BCUT2D eigenvalue weighted by Crippen LogP contribution is 2.24. The summed E-state index contributed by atoms with van der Waals surface area (Å²) >= 11 is 12.1. The van der Waals surface area contributed by atoms with Gasteiger partial charge in [0.15, 0.2) is 0 Å². The number of hydrogen-bond acceptors (Lipinski definition) is 5. The average molecular weight is 434 g/mol. The molecule has 0 radical (unpaired) electrons. The van der Waals surface area contributed by atoms with Crippen molar-refractivity contribution in [1.29, 1.82) is 0 Å². The topological polar surface area (TPSA) is 84.0 Å². The van der Waals surface area contributed by atoms with Crippen molar-refractivity contribution in [2.45, 2.75) is 6.54 Å². The van der Waals surface area contributed by atoms with Crippen LogP contribution in [0.2, 0.25) is 10.0 Å². The molecule has 0 bridgehead atoms. The number of nitro groups is 1. The second-order valence-corrected chi connectivity index (χ2v) is 7.68. The van der Waals surface area contributed by atoms with Gasteiger partial charge in [-0.15, -0.1) is 0 Å². The summed E-state index contributed by atoms with van der Waals surface area (Å²) in [5.74, 6) is -0.291. The molecule has 0 unspecified atom stereocenters. The van der Waals surface area contributed by atoms with Crippen LogP contribution in [-0.2, 0) is 6.54 Å². The minimum atomic E-state index is -0.535. The Hall–Kier alpha value is -2.68. The Labute approximate surface area is 176 Å². The van der Waals surface area contributed by atoms with Crippen molar-refractivity contribution in [3.63, 3.8) is 0 Å². The van der Waals surface area contributed by atoms with Crippen LogP contribution in [0.1, 0.15) is 16.1 Å². The van der Waals surface area contributed by atoms with E-state index in [1.807, 2.05) is 22.9 Å². The lowest BCUT2D eigenvalue weighted by molar-refractivity contribution is -0.384. The van der Waals surface area contributed by atoms with Crippen molar-refractivity contribution < 1.29 is 9.72 Å². The van der Waals surface area contributed by atoms with Crippen molar-refractivity contribution in [3.8, 4) is 0 Å². The summed E-state index contributed by atoms with van der Waals surface area (Å²) < 4.78 is 1.89. The summed E-state index contributed by atoms with van der Waals surface area (Å²) in [5, 5.41) is 11.8. The molecule has 1 aliphatic rings. The fourth-order valence-corrected chi connectivity index (χ4v) is 3.76. The Kier molecular flexibility index (Phi) is 5.40. The molecule has 0 saturated carbocycles. The van der Waals surface area contributed by atoms with Gasteiger partial charge in [-0.3, -0.25) is 19.8 Å². The van der Waals surface area contributed by atoms with Gasteiger partial charge in [-0.05, 0) is 18.2 Å². The predicted molar refractivity (Wildman–Crippen MR) is 109 cm³/mol. The van der Waals surface area contributed by atoms with Crippen LogP contribution in [0.15, 0.2) is 42.7 Å². The van der Waals surface area contributed by atoms with Gasteiger partial charge in [-0.25, -0.2) is 4.98 Å². The van der Waals surface area contributed by atoms with Gasteiger partial charge in [0.05, 0.1) is 26.2 Å². The predicted octanol–water partition coefficient (Wildman–Crippen LogP) is 3.51. The van der Waals surface area contributed by atoms with Crippen LogP contribution in [-0.4, -0.2) is 56.2 Å². The fraction of sp³-hybridized carbons (Fsp3) is 0.263. The van der Waals surface area contributed by atoms with E-state index in [-0.39, 0.29) is 22.2 Å². The van der Waals surface area contributed by atoms with Gasteiger partial charge in [0, 0.05) is 57.3 Å². The first kappa shape index (κ1) is 19.6. The molecule has 0 N–H and O–H groups in total. The zero-order valence-electron chi connectivity index (χ0n) is 15.3. The number of benzene rings is 1. The number of amides is 1. The lowest BCUT2D eigenvalue weighted by Crippen LogP contribution is -2.48. The maximum absolute atomic E-state index is 12.8. The van der Waals surface area contributed by atoms with Crippen molar-refractivity contribution in [2.24, 2.45) is 0 Å². The molecule has 1 saturated heterocycles. The second-order valence-electron chi connectivity index (χ2n) is 6.83. The zero-order valence-corrected chi connectivity index (χ0v) is 16.8. The van der Waals surface area contributed by atoms with Gasteiger partial charge < -0.3 is 9.30 Å². The van der Waals surface area contributed by atoms with E-state index < -0.39 is 4.92 Å². The average Bonchev–Trinajstić information content (AvgIpc) is 3.09. The van der Waals surface area contributed by atoms with Crippen LogP contribution in [0, 0.1) is 10.1 Å². The minimum Gasteiger partial charge on any atom is -0.336 e. The number of carbonyl (C=O) groups is 1. The molecular formula is C19H17Cl2N5O3. The first-order chi connectivity index (χ1) is 13.9. The Balaban J connectivity index is 1.40. The number of imidazole rings is 1. The molecular weight excluding hydrogens is 417 g/mol. The smallest absolute Gasteiger partial charge is 0.270 e. The van der Waals surface area contributed by atoms with Crippen LogP contribution < -0.4 is 0 Å². The highest BCUT2D eigenvalue weighted by molar-refractivity contribution is 6.34. The lowest BCUT2D eigenvalue weighted by Gasteiger charge is -2.34. The molecule has 2 aromatic heterocycles. The molecule has 1 aliphatic heterocycles. The van der Waals surface area contributed by atoms with Crippen molar-refractivity contribution in [3.05, 3.63) is 74.1 Å². The quantitative estimate of drug-likeness (QED) is 0.464. The minimum absolute atomic E-state index is 0.150. The van der Waals surface area contributed by atoms with Crippen LogP contribution >= 0.6 is 23.2 Å². The molecule has 3 aromatic rings. The lowest BCUT2D eigenvalue weighted by atomic mass is 10.1. The van der Waals surface area contributed by atoms with Gasteiger partial charge in [0.2, 0.25) is 0 Å². The highest BCUT2D eigenvalue weighted by atomic mass is 35.5. The Morgan fingerprint density at radius 3 is 2.59 bits per heavy atom. The third-order valence-corrected chi connectivity index (χ3v) is 5.45. The number of nitrogens with zero attached hydrogens (tertiary/aromatic N) is 5. The summed E-state index contributed by atoms with van der Waals surface area (Å²) in [5.41, 5.74) is 1.77. The number of pyridine rings is 1. The number of fused-ring (bicyclic) bond motifs is 1. The van der Waals surface area contributed by atoms with Gasteiger partial charge >= 0.3 is 0 Å². The van der Waals surface area contributed by atoms with Gasteiger partial charge in [-0.2, -0.15) is 0 Å². The second kappa shape index (κ2) is 7.98. The molecule has 29 heavy (non-hydrogen) atoms. The van der Waals surface area contributed by atoms with Crippen molar-refractivity contribution >= 4 is 40.4 Å². The number of hydrogen-bond donors (Lipinski definition) is 0. The van der Waals surface area contributed by atoms with E-state index in [0.29, 0.717) is 37.7 Å². The molecule has 10 heteroatoms. The van der Waals surface area contributed by atoms with E-state index in [0.717, 1.165) is 11.3 Å². The normalized spacial score (nSPS) is 15.0. The van der Waals surface area contributed by atoms with Crippen LogP contribution in [0.25, 0.3) is 5.65 Å². The SMILES string of the molecule is O=C(c1cc([N+](=O)[O-])ccc1Cl)N1CCN(Cc2cn3cc(Cl)ccc3n2)CC1. The molecule has 0 aliphatic carbocycles. The maximum Gasteiger partial charge on any atom is 0.270 e. The van der Waals surface area contributed by atoms with Crippen LogP contribution in [0.5, 0.6) is 0 Å². The first-order valence-electron chi connectivity index (χ1n) is 8.99. The number of non-ortho nitro benzene ring substituents is 1. The van der Waals surface area contributed by atoms with E-state index >= 15 is 0 Å². The summed E-state index contributed by atoms with van der Waals surface area (Å²) in [6, 6.07) is 7.58. The first-order valence-corrected chi connectivity index (χ1v) is 9.75. The van der Waals surface area contributed by atoms with E-state index in [4.69, 9.17) is 23.2 Å². The highest BCUT2D eigenvalue weighted by Gasteiger charge is 2.25. The molecule has 8 nitrogen and oxygen atoms in total. The monoisotopic (exact) mass is 433 g/mol. The van der Waals surface area contributed by atoms with Gasteiger partial charge in [-0.1, -0.05) is 23.2 Å². The summed E-state index contributed by atoms with van der Waals surface area (Å²) in [7, 11) is 0. The largest absolute Gasteiger partial charge is 0.336 e. The number of rotatable bonds is 4. The third-order valence-electron chi connectivity index (χ3n) is 4.90. The molecule has 0 atom stereocenters. The molecule has 4 rings (SSSR count). The van der Waals surface area contributed by atoms with Crippen molar-refractivity contribution in [1.82, 2.24) is 19.2 Å². The molecule has 0 spiro atoms. The van der Waals surface area contributed by atoms with E-state index in [1.165, 1.54) is 18.2 Å². The summed E-state index contributed by atoms with van der Waals surface area (Å²) in [6.45, 7) is 3.03. The summed E-state index contributed by atoms with van der Waals surface area (Å²) in [6.07, 6.45) is 3.76. The number of nitro benzene ring substituents is 1.